The highest BCUT2D eigenvalue weighted by atomic mass is 31.2. The molecule has 1 aliphatic rings. The molecule has 1 aliphatic heterocycles. The van der Waals surface area contributed by atoms with Gasteiger partial charge in [0, 0.05) is 18.0 Å². The molecule has 0 fully saturated rings. The Labute approximate surface area is 153 Å². The smallest absolute Gasteiger partial charge is 0.410 e. The van der Waals surface area contributed by atoms with Gasteiger partial charge in [0.25, 0.3) is 7.37 Å². The molecule has 3 rings (SSSR count). The molecule has 136 valence electrons. The standard InChI is InChI=1S/C19H22N2O4P/c1-19(2,3)24-18(22)21(17-13-9-8-10-15(17)14-20-21)25-26(4,23)16-11-6-5-7-12-16/h5-14H,1-4H3/q+1. The van der Waals surface area contributed by atoms with Crippen molar-refractivity contribution in [2.45, 2.75) is 26.4 Å². The van der Waals surface area contributed by atoms with Crippen molar-refractivity contribution in [1.29, 1.82) is 0 Å². The first-order chi connectivity index (χ1) is 12.1. The number of carbonyl (C=O) groups is 1. The van der Waals surface area contributed by atoms with Gasteiger partial charge in [-0.1, -0.05) is 35.0 Å². The molecule has 2 atom stereocenters. The average Bonchev–Trinajstić information content (AvgIpc) is 2.94. The van der Waals surface area contributed by atoms with Crippen molar-refractivity contribution in [3.05, 3.63) is 60.2 Å². The topological polar surface area (TPSA) is 65.0 Å². The average molecular weight is 373 g/mol. The Morgan fingerprint density at radius 2 is 1.65 bits per heavy atom. The number of hydroxylamine groups is 1. The first-order valence-corrected chi connectivity index (χ1v) is 10.3. The van der Waals surface area contributed by atoms with Gasteiger partial charge in [0.15, 0.2) is 0 Å². The van der Waals surface area contributed by atoms with Crippen molar-refractivity contribution in [1.82, 2.24) is 4.76 Å². The molecule has 0 aliphatic carbocycles. The quantitative estimate of drug-likeness (QED) is 0.589. The Morgan fingerprint density at radius 1 is 1.04 bits per heavy atom. The van der Waals surface area contributed by atoms with E-state index in [9.17, 15) is 9.36 Å². The van der Waals surface area contributed by atoms with Gasteiger partial charge < -0.3 is 4.74 Å². The van der Waals surface area contributed by atoms with E-state index < -0.39 is 23.8 Å². The number of benzene rings is 2. The number of hydrogen-bond donors (Lipinski definition) is 0. The second kappa shape index (κ2) is 6.47. The third-order valence-corrected chi connectivity index (χ3v) is 5.55. The monoisotopic (exact) mass is 373 g/mol. The molecule has 26 heavy (non-hydrogen) atoms. The Bertz CT molecular complexity index is 905. The van der Waals surface area contributed by atoms with Crippen molar-refractivity contribution in [2.75, 3.05) is 6.66 Å². The molecule has 7 heteroatoms. The van der Waals surface area contributed by atoms with Crippen LogP contribution < -0.4 is 10.1 Å². The van der Waals surface area contributed by atoms with Crippen molar-refractivity contribution in [2.24, 2.45) is 5.10 Å². The van der Waals surface area contributed by atoms with Gasteiger partial charge in [0.2, 0.25) is 5.69 Å². The van der Waals surface area contributed by atoms with Crippen LogP contribution in [0.3, 0.4) is 0 Å². The SMILES string of the molecule is CC(C)(C)OC(=O)[N+]1(OP(C)(=O)c2ccccc2)N=Cc2ccccc21. The van der Waals surface area contributed by atoms with E-state index in [0.29, 0.717) is 16.6 Å². The van der Waals surface area contributed by atoms with Gasteiger partial charge in [-0.15, -0.1) is 0 Å². The number of quaternary nitrogens is 1. The maximum Gasteiger partial charge on any atom is 0.585 e. The summed E-state index contributed by atoms with van der Waals surface area (Å²) < 4.78 is 23.9. The van der Waals surface area contributed by atoms with E-state index in [1.165, 1.54) is 12.9 Å². The molecule has 2 aromatic carbocycles. The summed E-state index contributed by atoms with van der Waals surface area (Å²) in [5, 5.41) is 4.77. The van der Waals surface area contributed by atoms with Gasteiger partial charge in [-0.05, 0) is 44.1 Å². The number of nitrogens with zero attached hydrogens (tertiary/aromatic N) is 2. The second-order valence-electron chi connectivity index (χ2n) is 7.12. The summed E-state index contributed by atoms with van der Waals surface area (Å²) in [5.74, 6) is 0. The first kappa shape index (κ1) is 18.5. The number of hydrogen-bond acceptors (Lipinski definition) is 5. The fourth-order valence-corrected chi connectivity index (χ4v) is 4.07. The lowest BCUT2D eigenvalue weighted by molar-refractivity contribution is -0.0601. The summed E-state index contributed by atoms with van der Waals surface area (Å²) in [5.41, 5.74) is 0.439. The first-order valence-electron chi connectivity index (χ1n) is 8.26. The Hall–Kier alpha value is -2.27. The molecule has 1 heterocycles. The van der Waals surface area contributed by atoms with E-state index >= 15 is 0 Å². The number of carbonyl (C=O) groups excluding carboxylic acids is 1. The highest BCUT2D eigenvalue weighted by Crippen LogP contribution is 2.49. The van der Waals surface area contributed by atoms with Crippen LogP contribution in [0.2, 0.25) is 0 Å². The van der Waals surface area contributed by atoms with Gasteiger partial charge in [0.1, 0.15) is 11.8 Å². The van der Waals surface area contributed by atoms with Crippen LogP contribution in [0.15, 0.2) is 59.7 Å². The van der Waals surface area contributed by atoms with E-state index in [-0.39, 0.29) is 0 Å². The lowest BCUT2D eigenvalue weighted by atomic mass is 10.2. The van der Waals surface area contributed by atoms with Crippen LogP contribution in [0, 0.1) is 0 Å². The number of ether oxygens (including phenoxy) is 1. The van der Waals surface area contributed by atoms with E-state index in [0.717, 1.165) is 0 Å². The van der Waals surface area contributed by atoms with E-state index in [1.54, 1.807) is 57.2 Å². The molecule has 1 amide bonds. The minimum absolute atomic E-state index is 0.472. The Kier molecular flexibility index (Phi) is 4.61. The molecule has 0 aromatic heterocycles. The van der Waals surface area contributed by atoms with E-state index in [4.69, 9.17) is 9.36 Å². The third-order valence-electron chi connectivity index (χ3n) is 3.76. The highest BCUT2D eigenvalue weighted by Gasteiger charge is 2.55. The molecule has 0 bridgehead atoms. The van der Waals surface area contributed by atoms with Crippen molar-refractivity contribution in [3.63, 3.8) is 0 Å². The zero-order chi connectivity index (χ0) is 19.0. The number of rotatable bonds is 3. The summed E-state index contributed by atoms with van der Waals surface area (Å²) in [4.78, 5) is 13.0. The van der Waals surface area contributed by atoms with Crippen LogP contribution in [-0.4, -0.2) is 24.6 Å². The van der Waals surface area contributed by atoms with Crippen molar-refractivity contribution >= 4 is 30.7 Å². The summed E-state index contributed by atoms with van der Waals surface area (Å²) >= 11 is 0. The molecule has 0 saturated carbocycles. The van der Waals surface area contributed by atoms with Gasteiger partial charge in [0.05, 0.1) is 10.3 Å². The Balaban J connectivity index is 2.08. The van der Waals surface area contributed by atoms with Gasteiger partial charge >= 0.3 is 6.09 Å². The van der Waals surface area contributed by atoms with Gasteiger partial charge in [-0.3, -0.25) is 4.57 Å². The number of para-hydroxylation sites is 1. The largest absolute Gasteiger partial charge is 0.585 e. The highest BCUT2D eigenvalue weighted by molar-refractivity contribution is 7.66. The van der Waals surface area contributed by atoms with Crippen LogP contribution in [0.4, 0.5) is 10.5 Å². The molecule has 2 aromatic rings. The van der Waals surface area contributed by atoms with Crippen LogP contribution >= 0.6 is 7.37 Å². The second-order valence-corrected chi connectivity index (χ2v) is 9.49. The minimum atomic E-state index is -3.38. The zero-order valence-electron chi connectivity index (χ0n) is 15.2. The molecule has 0 saturated heterocycles. The summed E-state index contributed by atoms with van der Waals surface area (Å²) in [7, 11) is -3.38. The number of fused-ring (bicyclic) bond motifs is 1. The molecule has 6 nitrogen and oxygen atoms in total. The maximum absolute atomic E-state index is 13.3. The van der Waals surface area contributed by atoms with Gasteiger partial charge in [-0.25, -0.2) is 0 Å². The summed E-state index contributed by atoms with van der Waals surface area (Å²) in [6, 6.07) is 15.9. The molecule has 0 spiro atoms. The summed E-state index contributed by atoms with van der Waals surface area (Å²) in [6.07, 6.45) is 0.793. The summed E-state index contributed by atoms with van der Waals surface area (Å²) in [6.45, 7) is 6.75. The Morgan fingerprint density at radius 3 is 2.31 bits per heavy atom. The minimum Gasteiger partial charge on any atom is -0.410 e. The third kappa shape index (κ3) is 3.49. The fourth-order valence-electron chi connectivity index (χ4n) is 2.62. The van der Waals surface area contributed by atoms with E-state index in [1.807, 2.05) is 18.2 Å². The molecular formula is C19H22N2O4P+. The predicted molar refractivity (Wildman–Crippen MR) is 103 cm³/mol. The number of amides is 1. The predicted octanol–water partition coefficient (Wildman–Crippen LogP) is 4.44. The molecule has 2 unspecified atom stereocenters. The zero-order valence-corrected chi connectivity index (χ0v) is 16.1. The lowest BCUT2D eigenvalue weighted by Gasteiger charge is -2.28. The van der Waals surface area contributed by atoms with Crippen LogP contribution in [-0.2, 0) is 13.9 Å². The molecule has 0 radical (unpaired) electrons. The normalized spacial score (nSPS) is 21.1. The van der Waals surface area contributed by atoms with Gasteiger partial charge in [-0.2, -0.15) is 4.79 Å². The lowest BCUT2D eigenvalue weighted by Crippen LogP contribution is -2.50. The van der Waals surface area contributed by atoms with Crippen LogP contribution in [0.5, 0.6) is 0 Å². The fraction of sp³-hybridized carbons (Fsp3) is 0.263. The van der Waals surface area contributed by atoms with Crippen molar-refractivity contribution < 1.29 is 18.7 Å². The van der Waals surface area contributed by atoms with E-state index in [2.05, 4.69) is 5.10 Å². The van der Waals surface area contributed by atoms with Crippen LogP contribution in [0.25, 0.3) is 0 Å². The van der Waals surface area contributed by atoms with Crippen LogP contribution in [0.1, 0.15) is 26.3 Å². The van der Waals surface area contributed by atoms with Crippen molar-refractivity contribution in [3.8, 4) is 0 Å². The maximum atomic E-state index is 13.3. The molecule has 0 N–H and O–H groups in total. The molecular weight excluding hydrogens is 351 g/mol.